The average molecular weight is 470 g/mol. The molecule has 2 aromatic carbocycles. The van der Waals surface area contributed by atoms with Crippen LogP contribution in [0.4, 0.5) is 4.39 Å². The largest absolute Gasteiger partial charge is 0.466 e. The van der Waals surface area contributed by atoms with E-state index in [9.17, 15) is 18.8 Å². The first-order valence-electron chi connectivity index (χ1n) is 10.8. The lowest BCUT2D eigenvalue weighted by atomic mass is 9.98. The Morgan fingerprint density at radius 3 is 2.73 bits per heavy atom. The van der Waals surface area contributed by atoms with E-state index in [0.717, 1.165) is 11.8 Å². The van der Waals surface area contributed by atoms with Gasteiger partial charge in [-0.2, -0.15) is 0 Å². The molecule has 172 valence electrons. The Bertz CT molecular complexity index is 1250. The van der Waals surface area contributed by atoms with Gasteiger partial charge in [-0.25, -0.2) is 9.37 Å². The van der Waals surface area contributed by atoms with Gasteiger partial charge >= 0.3 is 5.97 Å². The van der Waals surface area contributed by atoms with Crippen LogP contribution in [0.15, 0.2) is 58.5 Å². The van der Waals surface area contributed by atoms with Crippen molar-refractivity contribution in [2.75, 3.05) is 25.4 Å². The summed E-state index contributed by atoms with van der Waals surface area (Å²) in [4.78, 5) is 44.4. The molecule has 1 fully saturated rings. The van der Waals surface area contributed by atoms with Gasteiger partial charge in [0.25, 0.3) is 5.56 Å². The number of carbonyl (C=O) groups is 2. The summed E-state index contributed by atoms with van der Waals surface area (Å²) in [6, 6.07) is 12.8. The number of piperidine rings is 1. The number of thioether (sulfide) groups is 1. The van der Waals surface area contributed by atoms with E-state index in [4.69, 9.17) is 4.74 Å². The summed E-state index contributed by atoms with van der Waals surface area (Å²) in [6.45, 7) is 2.93. The van der Waals surface area contributed by atoms with E-state index in [0.29, 0.717) is 43.4 Å². The number of fused-ring (bicyclic) bond motifs is 1. The van der Waals surface area contributed by atoms with Crippen LogP contribution in [0.3, 0.4) is 0 Å². The van der Waals surface area contributed by atoms with Gasteiger partial charge in [0, 0.05) is 13.1 Å². The molecule has 3 aromatic rings. The van der Waals surface area contributed by atoms with Crippen LogP contribution >= 0.6 is 11.8 Å². The maximum Gasteiger partial charge on any atom is 0.310 e. The number of para-hydroxylation sites is 2. The van der Waals surface area contributed by atoms with E-state index in [1.165, 1.54) is 16.7 Å². The number of halogens is 1. The summed E-state index contributed by atoms with van der Waals surface area (Å²) >= 11 is 1.08. The summed E-state index contributed by atoms with van der Waals surface area (Å²) < 4.78 is 20.9. The number of nitrogens with zero attached hydrogens (tertiary/aromatic N) is 3. The highest BCUT2D eigenvalue weighted by Crippen LogP contribution is 2.24. The number of aromatic nitrogens is 2. The molecule has 1 unspecified atom stereocenters. The fraction of sp³-hybridized carbons (Fsp3) is 0.333. The van der Waals surface area contributed by atoms with Gasteiger partial charge in [-0.1, -0.05) is 36.0 Å². The van der Waals surface area contributed by atoms with Gasteiger partial charge in [0.1, 0.15) is 5.82 Å². The molecule has 1 aliphatic rings. The standard InChI is InChI=1S/C24H24FN3O4S/c1-2-32-23(31)16-8-7-13-27(14-16)21(29)15-33-24-26-19-11-5-3-9-17(19)22(30)28(24)20-12-6-4-10-18(20)25/h3-6,9-12,16H,2,7-8,13-15H2,1H3. The number of rotatable bonds is 6. The van der Waals surface area contributed by atoms with Gasteiger partial charge in [0.2, 0.25) is 5.91 Å². The number of hydrogen-bond acceptors (Lipinski definition) is 6. The predicted molar refractivity (Wildman–Crippen MR) is 124 cm³/mol. The van der Waals surface area contributed by atoms with Crippen molar-refractivity contribution in [1.82, 2.24) is 14.5 Å². The van der Waals surface area contributed by atoms with Gasteiger partial charge in [0.05, 0.1) is 34.9 Å². The van der Waals surface area contributed by atoms with Crippen LogP contribution in [-0.2, 0) is 14.3 Å². The molecule has 7 nitrogen and oxygen atoms in total. The van der Waals surface area contributed by atoms with E-state index in [1.807, 2.05) is 0 Å². The molecule has 0 saturated carbocycles. The average Bonchev–Trinajstić information content (AvgIpc) is 2.83. The van der Waals surface area contributed by atoms with Crippen LogP contribution < -0.4 is 5.56 Å². The third kappa shape index (κ3) is 4.93. The van der Waals surface area contributed by atoms with Crippen LogP contribution in [-0.4, -0.2) is 51.8 Å². The van der Waals surface area contributed by atoms with Crippen LogP contribution in [0.2, 0.25) is 0 Å². The second kappa shape index (κ2) is 10.2. The maximum atomic E-state index is 14.6. The summed E-state index contributed by atoms with van der Waals surface area (Å²) in [5, 5.41) is 0.598. The minimum atomic E-state index is -0.557. The van der Waals surface area contributed by atoms with Crippen LogP contribution in [0.1, 0.15) is 19.8 Å². The lowest BCUT2D eigenvalue weighted by Gasteiger charge is -2.31. The fourth-order valence-electron chi connectivity index (χ4n) is 3.93. The summed E-state index contributed by atoms with van der Waals surface area (Å²) in [7, 11) is 0. The third-order valence-corrected chi connectivity index (χ3v) is 6.48. The van der Waals surface area contributed by atoms with Crippen LogP contribution in [0, 0.1) is 11.7 Å². The highest BCUT2D eigenvalue weighted by atomic mass is 32.2. The summed E-state index contributed by atoms with van der Waals surface area (Å²) in [6.07, 6.45) is 1.41. The molecule has 1 aromatic heterocycles. The zero-order chi connectivity index (χ0) is 23.4. The molecule has 0 N–H and O–H groups in total. The van der Waals surface area contributed by atoms with Gasteiger partial charge in [-0.3, -0.25) is 19.0 Å². The number of amides is 1. The van der Waals surface area contributed by atoms with Crippen molar-refractivity contribution in [3.8, 4) is 5.69 Å². The zero-order valence-electron chi connectivity index (χ0n) is 18.2. The van der Waals surface area contributed by atoms with Gasteiger partial charge in [0.15, 0.2) is 5.16 Å². The van der Waals surface area contributed by atoms with Crippen molar-refractivity contribution in [2.24, 2.45) is 5.92 Å². The zero-order valence-corrected chi connectivity index (χ0v) is 19.0. The first-order valence-corrected chi connectivity index (χ1v) is 11.8. The number of hydrogen-bond donors (Lipinski definition) is 0. The van der Waals surface area contributed by atoms with Crippen molar-refractivity contribution < 1.29 is 18.7 Å². The monoisotopic (exact) mass is 469 g/mol. The quantitative estimate of drug-likeness (QED) is 0.313. The lowest BCUT2D eigenvalue weighted by molar-refractivity contribution is -0.151. The van der Waals surface area contributed by atoms with E-state index >= 15 is 0 Å². The Morgan fingerprint density at radius 1 is 1.18 bits per heavy atom. The molecule has 0 bridgehead atoms. The number of carbonyl (C=O) groups excluding carboxylic acids is 2. The van der Waals surface area contributed by atoms with Crippen molar-refractivity contribution in [3.05, 3.63) is 64.7 Å². The van der Waals surface area contributed by atoms with E-state index in [1.54, 1.807) is 48.2 Å². The summed E-state index contributed by atoms with van der Waals surface area (Å²) in [5.74, 6) is -1.33. The first-order chi connectivity index (χ1) is 16.0. The normalized spacial score (nSPS) is 16.1. The molecule has 9 heteroatoms. The highest BCUT2D eigenvalue weighted by Gasteiger charge is 2.29. The molecule has 1 saturated heterocycles. The SMILES string of the molecule is CCOC(=O)C1CCCN(C(=O)CSc2nc3ccccc3c(=O)n2-c2ccccc2F)C1. The third-order valence-electron chi connectivity index (χ3n) is 5.56. The van der Waals surface area contributed by atoms with Crippen molar-refractivity contribution in [1.29, 1.82) is 0 Å². The van der Waals surface area contributed by atoms with Gasteiger partial charge in [-0.15, -0.1) is 0 Å². The second-order valence-electron chi connectivity index (χ2n) is 7.72. The van der Waals surface area contributed by atoms with E-state index in [-0.39, 0.29) is 34.4 Å². The first kappa shape index (κ1) is 23.0. The predicted octanol–water partition coefficient (Wildman–Crippen LogP) is 3.42. The van der Waals surface area contributed by atoms with E-state index < -0.39 is 11.4 Å². The van der Waals surface area contributed by atoms with Crippen molar-refractivity contribution in [3.63, 3.8) is 0 Å². The minimum Gasteiger partial charge on any atom is -0.466 e. The molecule has 1 aliphatic heterocycles. The molecule has 4 rings (SSSR count). The Morgan fingerprint density at radius 2 is 1.94 bits per heavy atom. The Kier molecular flexibility index (Phi) is 7.08. The Labute approximate surface area is 194 Å². The van der Waals surface area contributed by atoms with Gasteiger partial charge < -0.3 is 9.64 Å². The van der Waals surface area contributed by atoms with Crippen molar-refractivity contribution >= 4 is 34.5 Å². The molecule has 2 heterocycles. The minimum absolute atomic E-state index is 0.00871. The van der Waals surface area contributed by atoms with Gasteiger partial charge in [-0.05, 0) is 44.0 Å². The van der Waals surface area contributed by atoms with Crippen LogP contribution in [0.5, 0.6) is 0 Å². The summed E-state index contributed by atoms with van der Waals surface area (Å²) in [5.41, 5.74) is 0.155. The van der Waals surface area contributed by atoms with E-state index in [2.05, 4.69) is 4.98 Å². The van der Waals surface area contributed by atoms with Crippen molar-refractivity contribution in [2.45, 2.75) is 24.9 Å². The number of benzene rings is 2. The molecule has 0 radical (unpaired) electrons. The molecule has 1 amide bonds. The molecular formula is C24H24FN3O4S. The maximum absolute atomic E-state index is 14.6. The molecule has 0 spiro atoms. The molecule has 1 atom stereocenters. The Balaban J connectivity index is 1.60. The Hall–Kier alpha value is -3.20. The fourth-order valence-corrected chi connectivity index (χ4v) is 4.84. The smallest absolute Gasteiger partial charge is 0.310 e. The molecular weight excluding hydrogens is 445 g/mol. The second-order valence-corrected chi connectivity index (χ2v) is 8.67. The van der Waals surface area contributed by atoms with Crippen LogP contribution in [0.25, 0.3) is 16.6 Å². The highest BCUT2D eigenvalue weighted by molar-refractivity contribution is 7.99. The lowest BCUT2D eigenvalue weighted by Crippen LogP contribution is -2.43. The topological polar surface area (TPSA) is 81.5 Å². The number of likely N-dealkylation sites (tertiary alicyclic amines) is 1. The number of esters is 1. The molecule has 33 heavy (non-hydrogen) atoms. The molecule has 0 aliphatic carbocycles. The number of ether oxygens (including phenoxy) is 1.